The molecule has 0 atom stereocenters. The number of anilines is 3. The van der Waals surface area contributed by atoms with Gasteiger partial charge in [0.2, 0.25) is 5.91 Å². The minimum absolute atomic E-state index is 0.0582. The van der Waals surface area contributed by atoms with E-state index < -0.39 is 16.9 Å². The van der Waals surface area contributed by atoms with Crippen LogP contribution in [0.15, 0.2) is 36.4 Å². The molecule has 1 fully saturated rings. The number of amides is 2. The fraction of sp³-hybridized carbons (Fsp3) is 0.263. The molecule has 11 nitrogen and oxygen atoms in total. The standard InChI is InChI=1S/C19H20N4O7/c1-28-13-4-5-14(15(10-13)23(26)27)21-18(24)11-20-12-3-6-17(29-2)16(9-12)22-7-8-30-19(22)25/h3-6,9-10,20H,7-8,11H2,1-2H3,(H,21,24). The fourth-order valence-electron chi connectivity index (χ4n) is 2.90. The van der Waals surface area contributed by atoms with Crippen LogP contribution in [0.1, 0.15) is 0 Å². The van der Waals surface area contributed by atoms with Gasteiger partial charge in [-0.05, 0) is 30.3 Å². The van der Waals surface area contributed by atoms with Crippen LogP contribution in [-0.4, -0.2) is 50.8 Å². The molecule has 0 radical (unpaired) electrons. The first-order valence-electron chi connectivity index (χ1n) is 8.91. The van der Waals surface area contributed by atoms with Crippen LogP contribution >= 0.6 is 0 Å². The molecular formula is C19H20N4O7. The van der Waals surface area contributed by atoms with E-state index >= 15 is 0 Å². The molecule has 2 aromatic carbocycles. The predicted octanol–water partition coefficient (Wildman–Crippen LogP) is 2.62. The molecule has 0 unspecified atom stereocenters. The van der Waals surface area contributed by atoms with Gasteiger partial charge in [-0.3, -0.25) is 19.8 Å². The molecule has 158 valence electrons. The second kappa shape index (κ2) is 8.99. The topological polar surface area (TPSA) is 132 Å². The van der Waals surface area contributed by atoms with E-state index in [2.05, 4.69) is 10.6 Å². The highest BCUT2D eigenvalue weighted by Crippen LogP contribution is 2.33. The molecule has 0 spiro atoms. The Morgan fingerprint density at radius 1 is 1.23 bits per heavy atom. The maximum Gasteiger partial charge on any atom is 0.414 e. The molecule has 3 rings (SSSR count). The molecule has 1 aliphatic rings. The average molecular weight is 416 g/mol. The summed E-state index contributed by atoms with van der Waals surface area (Å²) in [6.07, 6.45) is -0.477. The summed E-state index contributed by atoms with van der Waals surface area (Å²) in [4.78, 5) is 36.2. The van der Waals surface area contributed by atoms with E-state index in [0.29, 0.717) is 29.4 Å². The Morgan fingerprint density at radius 2 is 2.03 bits per heavy atom. The zero-order chi connectivity index (χ0) is 21.7. The van der Waals surface area contributed by atoms with Crippen molar-refractivity contribution in [1.82, 2.24) is 0 Å². The van der Waals surface area contributed by atoms with Crippen LogP contribution < -0.4 is 25.0 Å². The predicted molar refractivity (Wildman–Crippen MR) is 108 cm³/mol. The van der Waals surface area contributed by atoms with E-state index in [0.717, 1.165) is 0 Å². The number of nitro benzene ring substituents is 1. The van der Waals surface area contributed by atoms with Crippen molar-refractivity contribution in [3.63, 3.8) is 0 Å². The maximum absolute atomic E-state index is 12.3. The van der Waals surface area contributed by atoms with Crippen molar-refractivity contribution in [2.24, 2.45) is 0 Å². The van der Waals surface area contributed by atoms with Gasteiger partial charge in [-0.2, -0.15) is 0 Å². The van der Waals surface area contributed by atoms with Gasteiger partial charge >= 0.3 is 6.09 Å². The van der Waals surface area contributed by atoms with Gasteiger partial charge < -0.3 is 24.8 Å². The van der Waals surface area contributed by atoms with Crippen LogP contribution in [0.5, 0.6) is 11.5 Å². The molecule has 11 heteroatoms. The van der Waals surface area contributed by atoms with E-state index in [9.17, 15) is 19.7 Å². The van der Waals surface area contributed by atoms with Crippen LogP contribution in [0.2, 0.25) is 0 Å². The Labute approximate surface area is 171 Å². The van der Waals surface area contributed by atoms with Gasteiger partial charge in [0.15, 0.2) is 0 Å². The molecule has 1 saturated heterocycles. The summed E-state index contributed by atoms with van der Waals surface area (Å²) in [5.41, 5.74) is 0.853. The van der Waals surface area contributed by atoms with E-state index in [1.54, 1.807) is 18.2 Å². The van der Waals surface area contributed by atoms with Crippen LogP contribution in [0, 0.1) is 10.1 Å². The number of benzene rings is 2. The highest BCUT2D eigenvalue weighted by Gasteiger charge is 2.26. The summed E-state index contributed by atoms with van der Waals surface area (Å²) >= 11 is 0. The minimum atomic E-state index is -0.601. The Kier molecular flexibility index (Phi) is 6.20. The number of nitrogens with zero attached hydrogens (tertiary/aromatic N) is 2. The summed E-state index contributed by atoms with van der Waals surface area (Å²) in [5, 5.41) is 16.7. The summed E-state index contributed by atoms with van der Waals surface area (Å²) < 4.78 is 15.2. The number of ether oxygens (including phenoxy) is 3. The molecule has 30 heavy (non-hydrogen) atoms. The summed E-state index contributed by atoms with van der Waals surface area (Å²) in [6.45, 7) is 0.516. The Balaban J connectivity index is 1.69. The Morgan fingerprint density at radius 3 is 2.67 bits per heavy atom. The first-order chi connectivity index (χ1) is 14.4. The van der Waals surface area contributed by atoms with Crippen molar-refractivity contribution in [2.45, 2.75) is 0 Å². The number of hydrogen-bond acceptors (Lipinski definition) is 8. The lowest BCUT2D eigenvalue weighted by Crippen LogP contribution is -2.25. The van der Waals surface area contributed by atoms with E-state index in [-0.39, 0.29) is 24.5 Å². The van der Waals surface area contributed by atoms with Crippen molar-refractivity contribution in [3.05, 3.63) is 46.5 Å². The molecular weight excluding hydrogens is 396 g/mol. The van der Waals surface area contributed by atoms with E-state index in [1.165, 1.54) is 37.3 Å². The summed E-state index contributed by atoms with van der Waals surface area (Å²) in [7, 11) is 2.88. The minimum Gasteiger partial charge on any atom is -0.496 e. The molecule has 2 amide bonds. The van der Waals surface area contributed by atoms with Crippen molar-refractivity contribution in [2.75, 3.05) is 49.4 Å². The normalized spacial score (nSPS) is 12.9. The van der Waals surface area contributed by atoms with E-state index in [1.807, 2.05) is 0 Å². The van der Waals surface area contributed by atoms with Gasteiger partial charge in [0, 0.05) is 5.69 Å². The first kappa shape index (κ1) is 20.7. The third-order valence-corrected chi connectivity index (χ3v) is 4.36. The maximum atomic E-state index is 12.3. The van der Waals surface area contributed by atoms with E-state index in [4.69, 9.17) is 14.2 Å². The van der Waals surface area contributed by atoms with Crippen LogP contribution in [0.4, 0.5) is 27.5 Å². The molecule has 1 aliphatic heterocycles. The van der Waals surface area contributed by atoms with Gasteiger partial charge in [-0.25, -0.2) is 4.79 Å². The molecule has 2 N–H and O–H groups in total. The second-order valence-electron chi connectivity index (χ2n) is 6.19. The average Bonchev–Trinajstić information content (AvgIpc) is 3.17. The number of carbonyl (C=O) groups is 2. The lowest BCUT2D eigenvalue weighted by molar-refractivity contribution is -0.384. The van der Waals surface area contributed by atoms with Crippen molar-refractivity contribution < 1.29 is 28.7 Å². The molecule has 0 bridgehead atoms. The molecule has 1 heterocycles. The van der Waals surface area contributed by atoms with Gasteiger partial charge in [0.05, 0.1) is 44.0 Å². The van der Waals surface area contributed by atoms with Gasteiger partial charge in [-0.15, -0.1) is 0 Å². The number of rotatable bonds is 8. The van der Waals surface area contributed by atoms with Crippen LogP contribution in [0.25, 0.3) is 0 Å². The number of nitro groups is 1. The summed E-state index contributed by atoms with van der Waals surface area (Å²) in [6, 6.07) is 9.16. The Bertz CT molecular complexity index is 979. The zero-order valence-corrected chi connectivity index (χ0v) is 16.3. The number of methoxy groups -OCH3 is 2. The van der Waals surface area contributed by atoms with Crippen LogP contribution in [-0.2, 0) is 9.53 Å². The fourth-order valence-corrected chi connectivity index (χ4v) is 2.90. The van der Waals surface area contributed by atoms with Crippen molar-refractivity contribution in [3.8, 4) is 11.5 Å². The molecule has 2 aromatic rings. The molecule has 0 aliphatic carbocycles. The number of nitrogens with one attached hydrogen (secondary N) is 2. The van der Waals surface area contributed by atoms with Crippen molar-refractivity contribution >= 4 is 34.7 Å². The highest BCUT2D eigenvalue weighted by atomic mass is 16.6. The second-order valence-corrected chi connectivity index (χ2v) is 6.19. The van der Waals surface area contributed by atoms with Gasteiger partial charge in [0.1, 0.15) is 23.8 Å². The Hall–Kier alpha value is -4.02. The third-order valence-electron chi connectivity index (χ3n) is 4.36. The SMILES string of the molecule is COc1ccc(NC(=O)CNc2ccc(OC)c(N3CCOC3=O)c2)c([N+](=O)[O-])c1. The van der Waals surface area contributed by atoms with Gasteiger partial charge in [-0.1, -0.05) is 0 Å². The largest absolute Gasteiger partial charge is 0.496 e. The number of cyclic esters (lactones) is 1. The first-order valence-corrected chi connectivity index (χ1v) is 8.91. The monoisotopic (exact) mass is 416 g/mol. The smallest absolute Gasteiger partial charge is 0.414 e. The number of carbonyl (C=O) groups excluding carboxylic acids is 2. The van der Waals surface area contributed by atoms with Crippen molar-refractivity contribution in [1.29, 1.82) is 0 Å². The number of hydrogen-bond donors (Lipinski definition) is 2. The highest BCUT2D eigenvalue weighted by molar-refractivity contribution is 5.96. The molecule has 0 saturated carbocycles. The lowest BCUT2D eigenvalue weighted by Gasteiger charge is -2.18. The van der Waals surface area contributed by atoms with Crippen LogP contribution in [0.3, 0.4) is 0 Å². The summed E-state index contributed by atoms with van der Waals surface area (Å²) in [5.74, 6) is 0.308. The zero-order valence-electron chi connectivity index (χ0n) is 16.3. The quantitative estimate of drug-likeness (QED) is 0.496. The lowest BCUT2D eigenvalue weighted by atomic mass is 10.2. The third kappa shape index (κ3) is 4.51. The molecule has 0 aromatic heterocycles. The van der Waals surface area contributed by atoms with Gasteiger partial charge in [0.25, 0.3) is 5.69 Å².